The van der Waals surface area contributed by atoms with Crippen molar-refractivity contribution in [2.45, 2.75) is 6.92 Å². The molecule has 110 valence electrons. The minimum atomic E-state index is 0.757. The van der Waals surface area contributed by atoms with Crippen LogP contribution in [0.15, 0.2) is 70.1 Å². The van der Waals surface area contributed by atoms with Crippen LogP contribution < -0.4 is 5.32 Å². The molecule has 0 saturated heterocycles. The van der Waals surface area contributed by atoms with Crippen molar-refractivity contribution in [2.75, 3.05) is 5.32 Å². The number of para-hydroxylation sites is 2. The molecule has 0 aliphatic carbocycles. The van der Waals surface area contributed by atoms with E-state index >= 15 is 0 Å². The smallest absolute Gasteiger partial charge is 0.171 e. The second-order valence-electron chi connectivity index (χ2n) is 4.74. The van der Waals surface area contributed by atoms with E-state index < -0.39 is 0 Å². The van der Waals surface area contributed by atoms with Crippen LogP contribution >= 0.6 is 15.9 Å². The molecule has 0 aliphatic heterocycles. The van der Waals surface area contributed by atoms with E-state index in [4.69, 9.17) is 0 Å². The van der Waals surface area contributed by atoms with E-state index in [2.05, 4.69) is 31.3 Å². The molecule has 0 saturated carbocycles. The summed E-state index contributed by atoms with van der Waals surface area (Å²) in [6, 6.07) is 19.9. The number of aliphatic imine (C=N–C) groups is 1. The van der Waals surface area contributed by atoms with Crippen molar-refractivity contribution in [3.05, 3.63) is 70.8 Å². The van der Waals surface area contributed by atoms with E-state index in [1.54, 1.807) is 6.34 Å². The topological polar surface area (TPSA) is 42.2 Å². The van der Waals surface area contributed by atoms with Crippen LogP contribution in [-0.2, 0) is 0 Å². The number of hydrogen-bond donors (Lipinski definition) is 1. The third kappa shape index (κ3) is 3.09. The standard InChI is InChI=1S/C17H15BrN4/c1-13-16(18)17(20-12-19-14-8-4-2-5-9-14)22(21-13)15-10-6-3-7-11-15/h2-12H,1H3,(H,19,20). The van der Waals surface area contributed by atoms with E-state index in [0.29, 0.717) is 0 Å². The van der Waals surface area contributed by atoms with Gasteiger partial charge in [0.1, 0.15) is 0 Å². The van der Waals surface area contributed by atoms with E-state index in [9.17, 15) is 0 Å². The van der Waals surface area contributed by atoms with Gasteiger partial charge in [-0.3, -0.25) is 0 Å². The Bertz CT molecular complexity index is 779. The number of benzene rings is 2. The molecule has 0 radical (unpaired) electrons. The van der Waals surface area contributed by atoms with Crippen molar-refractivity contribution >= 4 is 33.8 Å². The molecular weight excluding hydrogens is 340 g/mol. The van der Waals surface area contributed by atoms with E-state index in [1.165, 1.54) is 0 Å². The molecule has 0 atom stereocenters. The van der Waals surface area contributed by atoms with E-state index in [1.807, 2.05) is 72.3 Å². The Hall–Kier alpha value is -2.40. The fourth-order valence-electron chi connectivity index (χ4n) is 2.06. The van der Waals surface area contributed by atoms with Crippen LogP contribution in [0.25, 0.3) is 5.69 Å². The first kappa shape index (κ1) is 14.5. The maximum atomic E-state index is 4.53. The summed E-state index contributed by atoms with van der Waals surface area (Å²) in [5, 5.41) is 7.69. The number of nitrogens with zero attached hydrogens (tertiary/aromatic N) is 3. The van der Waals surface area contributed by atoms with Gasteiger partial charge >= 0.3 is 0 Å². The van der Waals surface area contributed by atoms with Crippen LogP contribution in [0, 0.1) is 6.92 Å². The average Bonchev–Trinajstić information content (AvgIpc) is 2.85. The highest BCUT2D eigenvalue weighted by atomic mass is 79.9. The second-order valence-corrected chi connectivity index (χ2v) is 5.53. The highest BCUT2D eigenvalue weighted by Gasteiger charge is 2.12. The zero-order valence-electron chi connectivity index (χ0n) is 12.1. The van der Waals surface area contributed by atoms with Gasteiger partial charge in [0.15, 0.2) is 5.82 Å². The van der Waals surface area contributed by atoms with Crippen molar-refractivity contribution < 1.29 is 0 Å². The zero-order chi connectivity index (χ0) is 15.4. The summed E-state index contributed by atoms with van der Waals surface area (Å²) in [5.74, 6) is 0.757. The minimum Gasteiger partial charge on any atom is -0.346 e. The number of anilines is 1. The van der Waals surface area contributed by atoms with Crippen molar-refractivity contribution in [3.63, 3.8) is 0 Å². The van der Waals surface area contributed by atoms with Crippen LogP contribution in [0.4, 0.5) is 11.5 Å². The highest BCUT2D eigenvalue weighted by molar-refractivity contribution is 9.10. The van der Waals surface area contributed by atoms with Crippen LogP contribution in [0.2, 0.25) is 0 Å². The van der Waals surface area contributed by atoms with Crippen molar-refractivity contribution in [3.8, 4) is 5.69 Å². The predicted octanol–water partition coefficient (Wildman–Crippen LogP) is 4.72. The second kappa shape index (κ2) is 6.58. The summed E-state index contributed by atoms with van der Waals surface area (Å²) < 4.78 is 2.71. The molecule has 5 heteroatoms. The maximum Gasteiger partial charge on any atom is 0.171 e. The minimum absolute atomic E-state index is 0.757. The van der Waals surface area contributed by atoms with Gasteiger partial charge in [0, 0.05) is 5.69 Å². The van der Waals surface area contributed by atoms with Crippen molar-refractivity contribution in [1.29, 1.82) is 0 Å². The Morgan fingerprint density at radius 1 is 1.05 bits per heavy atom. The SMILES string of the molecule is Cc1nn(-c2ccccc2)c(/N=C\Nc2ccccc2)c1Br. The number of aromatic nitrogens is 2. The summed E-state index contributed by atoms with van der Waals surface area (Å²) in [7, 11) is 0. The Morgan fingerprint density at radius 2 is 1.68 bits per heavy atom. The fraction of sp³-hybridized carbons (Fsp3) is 0.0588. The van der Waals surface area contributed by atoms with Gasteiger partial charge in [0.05, 0.1) is 22.2 Å². The molecule has 0 bridgehead atoms. The summed E-state index contributed by atoms with van der Waals surface area (Å²) in [6.07, 6.45) is 1.68. The quantitative estimate of drug-likeness (QED) is 0.544. The summed E-state index contributed by atoms with van der Waals surface area (Å²) in [5.41, 5.74) is 2.86. The number of hydrogen-bond acceptors (Lipinski definition) is 2. The molecule has 0 fully saturated rings. The number of aryl methyl sites for hydroxylation is 1. The molecule has 1 aromatic heterocycles. The third-order valence-corrected chi connectivity index (χ3v) is 4.09. The monoisotopic (exact) mass is 354 g/mol. The summed E-state index contributed by atoms with van der Waals surface area (Å²) in [4.78, 5) is 4.52. The van der Waals surface area contributed by atoms with Gasteiger partial charge in [-0.15, -0.1) is 0 Å². The van der Waals surface area contributed by atoms with Gasteiger partial charge in [-0.1, -0.05) is 36.4 Å². The van der Waals surface area contributed by atoms with Gasteiger partial charge in [-0.2, -0.15) is 5.10 Å². The largest absolute Gasteiger partial charge is 0.346 e. The van der Waals surface area contributed by atoms with Crippen LogP contribution in [0.5, 0.6) is 0 Å². The molecular formula is C17H15BrN4. The van der Waals surface area contributed by atoms with E-state index in [-0.39, 0.29) is 0 Å². The average molecular weight is 355 g/mol. The molecule has 0 unspecified atom stereocenters. The first-order valence-electron chi connectivity index (χ1n) is 6.90. The first-order chi connectivity index (χ1) is 10.8. The summed E-state index contributed by atoms with van der Waals surface area (Å²) >= 11 is 3.56. The van der Waals surface area contributed by atoms with Gasteiger partial charge in [0.2, 0.25) is 0 Å². The number of rotatable bonds is 4. The fourth-order valence-corrected chi connectivity index (χ4v) is 2.41. The molecule has 1 N–H and O–H groups in total. The van der Waals surface area contributed by atoms with Crippen LogP contribution in [0.3, 0.4) is 0 Å². The molecule has 1 heterocycles. The van der Waals surface area contributed by atoms with Gasteiger partial charge in [-0.25, -0.2) is 9.67 Å². The lowest BCUT2D eigenvalue weighted by Crippen LogP contribution is -1.98. The molecule has 0 aliphatic rings. The lowest BCUT2D eigenvalue weighted by Gasteiger charge is -2.04. The predicted molar refractivity (Wildman–Crippen MR) is 94.2 cm³/mol. The van der Waals surface area contributed by atoms with Crippen LogP contribution in [-0.4, -0.2) is 16.1 Å². The number of nitrogens with one attached hydrogen (secondary N) is 1. The molecule has 22 heavy (non-hydrogen) atoms. The Labute approximate surface area is 137 Å². The zero-order valence-corrected chi connectivity index (χ0v) is 13.7. The van der Waals surface area contributed by atoms with Gasteiger partial charge in [-0.05, 0) is 47.1 Å². The normalized spacial score (nSPS) is 11.0. The van der Waals surface area contributed by atoms with E-state index in [0.717, 1.165) is 27.4 Å². The highest BCUT2D eigenvalue weighted by Crippen LogP contribution is 2.30. The molecule has 3 rings (SSSR count). The molecule has 0 spiro atoms. The lowest BCUT2D eigenvalue weighted by molar-refractivity contribution is 0.863. The Kier molecular flexibility index (Phi) is 4.34. The molecule has 3 aromatic rings. The molecule has 4 nitrogen and oxygen atoms in total. The van der Waals surface area contributed by atoms with Crippen molar-refractivity contribution in [1.82, 2.24) is 9.78 Å². The first-order valence-corrected chi connectivity index (χ1v) is 7.69. The maximum absolute atomic E-state index is 4.53. The Morgan fingerprint density at radius 3 is 2.36 bits per heavy atom. The van der Waals surface area contributed by atoms with Gasteiger partial charge < -0.3 is 5.32 Å². The lowest BCUT2D eigenvalue weighted by atomic mass is 10.3. The number of halogens is 1. The summed E-state index contributed by atoms with van der Waals surface area (Å²) in [6.45, 7) is 1.95. The molecule has 0 amide bonds. The van der Waals surface area contributed by atoms with Crippen LogP contribution in [0.1, 0.15) is 5.69 Å². The third-order valence-electron chi connectivity index (χ3n) is 3.16. The van der Waals surface area contributed by atoms with Crippen molar-refractivity contribution in [2.24, 2.45) is 4.99 Å². The molecule has 2 aromatic carbocycles. The van der Waals surface area contributed by atoms with Gasteiger partial charge in [0.25, 0.3) is 0 Å². The Balaban J connectivity index is 1.90.